The SMILES string of the molecule is CCC(C)CCCCCCCCCCCCCCCCCCCCC(=O)O[C@H](COC(=O)CCCCCCCCC(C)C)COP(=O)(O)OC[C@H](O)COP(=O)(O)OC[C@@H](COC(=O)CCCCCCCCCCCCCCCCC(C)CC)OC(=O)CCCCCCCCCCCCCCCCC(C)CC. The van der Waals surface area contributed by atoms with Crippen molar-refractivity contribution in [3.05, 3.63) is 0 Å². The van der Waals surface area contributed by atoms with Gasteiger partial charge < -0.3 is 33.8 Å². The predicted octanol–water partition coefficient (Wildman–Crippen LogP) is 26.7. The van der Waals surface area contributed by atoms with E-state index in [9.17, 15) is 43.2 Å². The second kappa shape index (κ2) is 76.7. The zero-order chi connectivity index (χ0) is 78.8. The van der Waals surface area contributed by atoms with Crippen molar-refractivity contribution >= 4 is 39.5 Å². The number of phosphoric acid groups is 2. The van der Waals surface area contributed by atoms with Crippen LogP contribution in [0.1, 0.15) is 460 Å². The Hall–Kier alpha value is -1.94. The number of carbonyl (C=O) groups is 4. The molecule has 19 heteroatoms. The largest absolute Gasteiger partial charge is 0.472 e. The normalized spacial score (nSPS) is 14.7. The average Bonchev–Trinajstić information content (AvgIpc) is 0.901. The Balaban J connectivity index is 5.20. The zero-order valence-corrected chi connectivity index (χ0v) is 72.6. The van der Waals surface area contributed by atoms with E-state index in [-0.39, 0.29) is 25.7 Å². The van der Waals surface area contributed by atoms with Crippen molar-refractivity contribution in [3.8, 4) is 0 Å². The Morgan fingerprint density at radius 1 is 0.262 bits per heavy atom. The minimum Gasteiger partial charge on any atom is -0.462 e. The number of ether oxygens (including phenoxy) is 4. The van der Waals surface area contributed by atoms with Gasteiger partial charge >= 0.3 is 39.5 Å². The highest BCUT2D eigenvalue weighted by molar-refractivity contribution is 7.47. The van der Waals surface area contributed by atoms with Gasteiger partial charge in [0.1, 0.15) is 19.3 Å². The Bertz CT molecular complexity index is 2080. The lowest BCUT2D eigenvalue weighted by molar-refractivity contribution is -0.161. The molecule has 636 valence electrons. The molecule has 107 heavy (non-hydrogen) atoms. The predicted molar refractivity (Wildman–Crippen MR) is 441 cm³/mol. The summed E-state index contributed by atoms with van der Waals surface area (Å²) in [6.45, 7) is 14.4. The molecule has 0 saturated carbocycles. The van der Waals surface area contributed by atoms with Crippen LogP contribution in [0.25, 0.3) is 0 Å². The first-order chi connectivity index (χ1) is 51.7. The highest BCUT2D eigenvalue weighted by Gasteiger charge is 2.31. The minimum atomic E-state index is -4.97. The molecule has 0 fully saturated rings. The molecule has 0 aromatic heterocycles. The van der Waals surface area contributed by atoms with Gasteiger partial charge in [0.05, 0.1) is 26.4 Å². The summed E-state index contributed by atoms with van der Waals surface area (Å²) in [6.07, 6.45) is 66.7. The van der Waals surface area contributed by atoms with Crippen molar-refractivity contribution in [2.75, 3.05) is 39.6 Å². The first kappa shape index (κ1) is 105. The highest BCUT2D eigenvalue weighted by atomic mass is 31.2. The van der Waals surface area contributed by atoms with Gasteiger partial charge in [-0.25, -0.2) is 9.13 Å². The second-order valence-corrected chi connectivity index (χ2v) is 35.7. The lowest BCUT2D eigenvalue weighted by Gasteiger charge is -2.21. The molecular weight excluding hydrogens is 1390 g/mol. The van der Waals surface area contributed by atoms with Crippen molar-refractivity contribution in [1.82, 2.24) is 0 Å². The van der Waals surface area contributed by atoms with Gasteiger partial charge in [0, 0.05) is 25.7 Å². The zero-order valence-electron chi connectivity index (χ0n) is 70.8. The average molecular weight is 1560 g/mol. The van der Waals surface area contributed by atoms with E-state index < -0.39 is 97.5 Å². The van der Waals surface area contributed by atoms with E-state index in [2.05, 4.69) is 55.4 Å². The van der Waals surface area contributed by atoms with Gasteiger partial charge in [0.2, 0.25) is 0 Å². The van der Waals surface area contributed by atoms with Crippen molar-refractivity contribution in [1.29, 1.82) is 0 Å². The quantitative estimate of drug-likeness (QED) is 0.0222. The molecule has 8 atom stereocenters. The summed E-state index contributed by atoms with van der Waals surface area (Å²) < 4.78 is 68.9. The monoisotopic (exact) mass is 1560 g/mol. The van der Waals surface area contributed by atoms with Crippen LogP contribution in [0, 0.1) is 23.7 Å². The third-order valence-corrected chi connectivity index (χ3v) is 23.6. The third kappa shape index (κ3) is 77.8. The van der Waals surface area contributed by atoms with Gasteiger partial charge in [-0.2, -0.15) is 0 Å². The number of aliphatic hydroxyl groups excluding tert-OH is 1. The maximum absolute atomic E-state index is 13.1. The first-order valence-corrected chi connectivity index (χ1v) is 48.3. The molecule has 0 heterocycles. The Labute approximate surface area is 658 Å². The molecule has 5 unspecified atom stereocenters. The van der Waals surface area contributed by atoms with E-state index in [4.69, 9.17) is 37.0 Å². The number of carbonyl (C=O) groups excluding carboxylic acids is 4. The summed E-state index contributed by atoms with van der Waals surface area (Å²) in [5.41, 5.74) is 0. The second-order valence-electron chi connectivity index (χ2n) is 32.8. The fourth-order valence-corrected chi connectivity index (χ4v) is 15.2. The van der Waals surface area contributed by atoms with Gasteiger partial charge in [-0.05, 0) is 49.4 Å². The summed E-state index contributed by atoms with van der Waals surface area (Å²) in [5.74, 6) is 1.14. The summed E-state index contributed by atoms with van der Waals surface area (Å²) >= 11 is 0. The molecule has 0 amide bonds. The third-order valence-electron chi connectivity index (χ3n) is 21.7. The van der Waals surface area contributed by atoms with Crippen LogP contribution in [-0.4, -0.2) is 96.7 Å². The van der Waals surface area contributed by atoms with Gasteiger partial charge in [0.25, 0.3) is 0 Å². The van der Waals surface area contributed by atoms with Crippen molar-refractivity contribution in [3.63, 3.8) is 0 Å². The topological polar surface area (TPSA) is 237 Å². The Kier molecular flexibility index (Phi) is 75.3. The van der Waals surface area contributed by atoms with Crippen LogP contribution in [0.4, 0.5) is 0 Å². The molecular formula is C88H172O17P2. The lowest BCUT2D eigenvalue weighted by Crippen LogP contribution is -2.30. The van der Waals surface area contributed by atoms with Crippen molar-refractivity contribution < 1.29 is 80.2 Å². The number of unbranched alkanes of at least 4 members (excludes halogenated alkanes) is 48. The summed E-state index contributed by atoms with van der Waals surface area (Å²) in [6, 6.07) is 0. The Morgan fingerprint density at radius 3 is 0.664 bits per heavy atom. The van der Waals surface area contributed by atoms with Gasteiger partial charge in [-0.1, -0.05) is 409 Å². The number of hydrogen-bond acceptors (Lipinski definition) is 15. The highest BCUT2D eigenvalue weighted by Crippen LogP contribution is 2.45. The number of esters is 4. The number of aliphatic hydroxyl groups is 1. The number of rotatable bonds is 85. The molecule has 0 aliphatic heterocycles. The molecule has 3 N–H and O–H groups in total. The van der Waals surface area contributed by atoms with Crippen molar-refractivity contribution in [2.24, 2.45) is 23.7 Å². The molecule has 0 aromatic rings. The standard InChI is InChI=1S/C88H172O17P2/c1-9-79(6)65-57-49-40-34-28-22-16-14-12-13-15-17-26-32-38-44-54-62-71-88(93)105-84(75-99-86(91)69-61-53-47-46-48-56-64-78(4)5)77-103-107(96,97)101-73-82(89)72-100-106(94,95)102-76-83(104-87(92)70-63-55-45-39-33-27-21-19-24-30-36-42-51-59-67-81(8)11-3)74-98-85(90)68-60-52-43-37-31-25-20-18-23-29-35-41-50-58-66-80(7)10-2/h78-84,89H,9-77H2,1-8H3,(H,94,95)(H,96,97)/t79?,80?,81?,82-,83-,84-/m1/s1. The maximum Gasteiger partial charge on any atom is 0.472 e. The maximum atomic E-state index is 13.1. The summed E-state index contributed by atoms with van der Waals surface area (Å²) in [5, 5.41) is 10.7. The molecule has 0 aromatic carbocycles. The van der Waals surface area contributed by atoms with E-state index in [1.807, 2.05) is 0 Å². The van der Waals surface area contributed by atoms with Crippen LogP contribution in [0.15, 0.2) is 0 Å². The van der Waals surface area contributed by atoms with E-state index in [0.717, 1.165) is 114 Å². The van der Waals surface area contributed by atoms with E-state index >= 15 is 0 Å². The number of hydrogen-bond donors (Lipinski definition) is 3. The summed E-state index contributed by atoms with van der Waals surface area (Å²) in [7, 11) is -9.93. The van der Waals surface area contributed by atoms with Crippen LogP contribution in [0.3, 0.4) is 0 Å². The molecule has 17 nitrogen and oxygen atoms in total. The van der Waals surface area contributed by atoms with Gasteiger partial charge in [-0.15, -0.1) is 0 Å². The molecule has 0 aliphatic carbocycles. The smallest absolute Gasteiger partial charge is 0.462 e. The van der Waals surface area contributed by atoms with Crippen LogP contribution < -0.4 is 0 Å². The van der Waals surface area contributed by atoms with E-state index in [1.54, 1.807) is 0 Å². The van der Waals surface area contributed by atoms with Crippen LogP contribution >= 0.6 is 15.6 Å². The lowest BCUT2D eigenvalue weighted by atomic mass is 9.99. The fourth-order valence-electron chi connectivity index (χ4n) is 13.6. The molecule has 0 bridgehead atoms. The first-order valence-electron chi connectivity index (χ1n) is 45.3. The molecule has 0 rings (SSSR count). The minimum absolute atomic E-state index is 0.107. The summed E-state index contributed by atoms with van der Waals surface area (Å²) in [4.78, 5) is 73.2. The van der Waals surface area contributed by atoms with Gasteiger partial charge in [0.15, 0.2) is 12.2 Å². The van der Waals surface area contributed by atoms with Crippen LogP contribution in [0.5, 0.6) is 0 Å². The van der Waals surface area contributed by atoms with Crippen LogP contribution in [-0.2, 0) is 65.4 Å². The molecule has 0 spiro atoms. The molecule has 0 saturated heterocycles. The fraction of sp³-hybridized carbons (Fsp3) is 0.955. The van der Waals surface area contributed by atoms with E-state index in [0.29, 0.717) is 31.6 Å². The van der Waals surface area contributed by atoms with Crippen molar-refractivity contribution in [2.45, 2.75) is 478 Å². The molecule has 0 radical (unpaired) electrons. The van der Waals surface area contributed by atoms with Crippen LogP contribution in [0.2, 0.25) is 0 Å². The Morgan fingerprint density at radius 2 is 0.449 bits per heavy atom. The van der Waals surface area contributed by atoms with Gasteiger partial charge in [-0.3, -0.25) is 37.3 Å². The molecule has 0 aliphatic rings. The number of phosphoric ester groups is 2. The van der Waals surface area contributed by atoms with E-state index in [1.165, 1.54) is 257 Å².